The Balaban J connectivity index is 0.000000790. The highest BCUT2D eigenvalue weighted by atomic mass is 16.1. The molecule has 0 aromatic carbocycles. The average Bonchev–Trinajstić information content (AvgIpc) is 3.78. The molecule has 0 N–H and O–H groups in total. The van der Waals surface area contributed by atoms with Crippen molar-refractivity contribution in [3.63, 3.8) is 0 Å². The number of carbonyl (C=O) groups excluding carboxylic acids is 3. The van der Waals surface area contributed by atoms with E-state index in [1.54, 1.807) is 0 Å². The van der Waals surface area contributed by atoms with E-state index in [-0.39, 0.29) is 78.7 Å². The zero-order valence-electron chi connectivity index (χ0n) is 38.7. The molecule has 4 bridgehead atoms. The van der Waals surface area contributed by atoms with Crippen molar-refractivity contribution in [2.75, 3.05) is 0 Å². The number of fused-ring (bicyclic) bond motifs is 4. The molecule has 1 saturated carbocycles. The first-order valence-electron chi connectivity index (χ1n) is 21.1. The summed E-state index contributed by atoms with van der Waals surface area (Å²) in [7, 11) is 0. The zero-order valence-corrected chi connectivity index (χ0v) is 38.7. The van der Waals surface area contributed by atoms with E-state index < -0.39 is 0 Å². The minimum absolute atomic E-state index is 0. The Morgan fingerprint density at radius 2 is 0.911 bits per heavy atom. The molecule has 3 aliphatic heterocycles. The van der Waals surface area contributed by atoms with Crippen LogP contribution < -0.4 is 0 Å². The topological polar surface area (TPSA) is 60.9 Å². The van der Waals surface area contributed by atoms with Crippen LogP contribution in [0.1, 0.15) is 200 Å². The summed E-state index contributed by atoms with van der Waals surface area (Å²) in [5.74, 6) is 2.65. The van der Waals surface area contributed by atoms with Crippen LogP contribution in [0.3, 0.4) is 0 Å². The minimum Gasteiger partial charge on any atom is -0.297 e. The molecule has 6 nitrogen and oxygen atoms in total. The molecule has 5 rings (SSSR count). The van der Waals surface area contributed by atoms with Crippen molar-refractivity contribution < 1.29 is 14.4 Å². The third-order valence-electron chi connectivity index (χ3n) is 13.5. The monoisotopic (exact) mass is 788 g/mol. The van der Waals surface area contributed by atoms with Gasteiger partial charge in [0.15, 0.2) is 17.3 Å². The third kappa shape index (κ3) is 11.1. The van der Waals surface area contributed by atoms with Crippen LogP contribution in [-0.4, -0.2) is 84.9 Å². The van der Waals surface area contributed by atoms with Gasteiger partial charge in [0.25, 0.3) is 0 Å². The first kappa shape index (κ1) is 54.6. The lowest BCUT2D eigenvalue weighted by Gasteiger charge is -2.45. The Morgan fingerprint density at radius 1 is 0.518 bits per heavy atom. The molecule has 9 atom stereocenters. The fourth-order valence-electron chi connectivity index (χ4n) is 10.4. The van der Waals surface area contributed by atoms with Crippen molar-refractivity contribution in [1.82, 2.24) is 14.7 Å². The van der Waals surface area contributed by atoms with Gasteiger partial charge in [0.05, 0.1) is 18.1 Å². The summed E-state index contributed by atoms with van der Waals surface area (Å²) in [5, 5.41) is 0. The van der Waals surface area contributed by atoms with E-state index in [0.717, 1.165) is 6.42 Å². The van der Waals surface area contributed by atoms with Crippen LogP contribution in [-0.2, 0) is 14.4 Å². The maximum absolute atomic E-state index is 12.9. The van der Waals surface area contributed by atoms with Gasteiger partial charge in [-0.05, 0) is 112 Å². The molecule has 6 heteroatoms. The smallest absolute Gasteiger partial charge is 0.155 e. The number of rotatable bonds is 3. The number of carbonyl (C=O) groups is 3. The van der Waals surface area contributed by atoms with Crippen molar-refractivity contribution in [3.05, 3.63) is 12.2 Å². The number of likely N-dealkylation sites (tertiary alicyclic amines) is 3. The summed E-state index contributed by atoms with van der Waals surface area (Å²) in [6.45, 7) is 47.6. The van der Waals surface area contributed by atoms with Gasteiger partial charge in [-0.25, -0.2) is 0 Å². The number of nitrogens with zero attached hydrogens (tertiary/aromatic N) is 3. The van der Waals surface area contributed by atoms with Gasteiger partial charge >= 0.3 is 0 Å². The van der Waals surface area contributed by atoms with Gasteiger partial charge in [0.1, 0.15) is 0 Å². The molecule has 0 aromatic heterocycles. The van der Waals surface area contributed by atoms with Gasteiger partial charge < -0.3 is 0 Å². The van der Waals surface area contributed by atoms with Gasteiger partial charge in [0, 0.05) is 56.9 Å². The average molecular weight is 788 g/mol. The number of ketones is 3. The van der Waals surface area contributed by atoms with Crippen LogP contribution in [0.15, 0.2) is 12.2 Å². The molecule has 0 aromatic rings. The number of Topliss-reactive ketones (excluding diaryl/α,β-unsaturated/α-hetero) is 3. The van der Waals surface area contributed by atoms with Crippen LogP contribution in [0.5, 0.6) is 0 Å². The van der Waals surface area contributed by atoms with Gasteiger partial charge in [-0.1, -0.05) is 118 Å². The molecule has 3 heterocycles. The van der Waals surface area contributed by atoms with E-state index in [0.29, 0.717) is 53.2 Å². The highest BCUT2D eigenvalue weighted by Crippen LogP contribution is 2.50. The molecule has 0 spiro atoms. The third-order valence-corrected chi connectivity index (χ3v) is 13.5. The first-order chi connectivity index (χ1) is 23.5. The Morgan fingerprint density at radius 3 is 1.30 bits per heavy atom. The summed E-state index contributed by atoms with van der Waals surface area (Å²) in [6, 6.07) is 1.83. The van der Waals surface area contributed by atoms with Gasteiger partial charge in [0.2, 0.25) is 0 Å². The van der Waals surface area contributed by atoms with Crippen LogP contribution in [0, 0.1) is 39.4 Å². The molecule has 9 unspecified atom stereocenters. The molecular weight excluding hydrogens is 691 g/mol. The standard InChI is InChI=1S/C17H33NO.C15H27NO.C15H25NO.3CH4/c1-11-13(14(19)15(3,4)5)18(16(6,7)8)12(2)17(11,9)10;2*1-14(2,3)13(17)12-10-7-8-11(9-10)16(12)15(4,5)6;;;/h11-13H,1-10H3;10-12H,7-9H2,1-6H3;7-8,10-12H,9H2,1-6H3;3*1H4. The summed E-state index contributed by atoms with van der Waals surface area (Å²) in [6.07, 6.45) is 9.44. The Labute approximate surface area is 350 Å². The molecule has 0 amide bonds. The SMILES string of the molecule is C.C.C.CC(C)(C)C(=O)C1C2C=CC(C2)N1C(C)(C)C.CC(C)(C)C(=O)C1C2CCC(C2)N1C(C)(C)C.CC1C(C(=O)C(C)(C)C)N(C(C)(C)C)C(C)C1(C)C. The Hall–Kier alpha value is -1.37. The van der Waals surface area contributed by atoms with E-state index in [2.05, 4.69) is 138 Å². The quantitative estimate of drug-likeness (QED) is 0.266. The number of hydrogen-bond acceptors (Lipinski definition) is 6. The molecule has 0 radical (unpaired) electrons. The zero-order chi connectivity index (χ0) is 41.4. The second-order valence-corrected chi connectivity index (χ2v) is 24.3. The van der Waals surface area contributed by atoms with E-state index in [1.165, 1.54) is 19.3 Å². The molecular formula is C50H97N3O3. The predicted molar refractivity (Wildman–Crippen MR) is 244 cm³/mol. The summed E-state index contributed by atoms with van der Waals surface area (Å²) >= 11 is 0. The van der Waals surface area contributed by atoms with Crippen molar-refractivity contribution in [3.8, 4) is 0 Å². The second-order valence-electron chi connectivity index (χ2n) is 24.3. The number of piperidine rings is 1. The normalized spacial score (nSPS) is 31.6. The Kier molecular flexibility index (Phi) is 17.3. The molecule has 56 heavy (non-hydrogen) atoms. The van der Waals surface area contributed by atoms with E-state index >= 15 is 0 Å². The van der Waals surface area contributed by atoms with E-state index in [9.17, 15) is 14.4 Å². The fraction of sp³-hybridized carbons (Fsp3) is 0.900. The van der Waals surface area contributed by atoms with Crippen LogP contribution >= 0.6 is 0 Å². The lowest BCUT2D eigenvalue weighted by atomic mass is 9.73. The van der Waals surface area contributed by atoms with Crippen molar-refractivity contribution in [2.24, 2.45) is 39.4 Å². The molecule has 3 saturated heterocycles. The fourth-order valence-corrected chi connectivity index (χ4v) is 10.4. The molecule has 2 aliphatic carbocycles. The largest absolute Gasteiger partial charge is 0.297 e. The summed E-state index contributed by atoms with van der Waals surface area (Å²) < 4.78 is 0. The van der Waals surface area contributed by atoms with Crippen molar-refractivity contribution in [1.29, 1.82) is 0 Å². The lowest BCUT2D eigenvalue weighted by Crippen LogP contribution is -2.56. The van der Waals surface area contributed by atoms with Crippen molar-refractivity contribution in [2.45, 2.75) is 253 Å². The van der Waals surface area contributed by atoms with E-state index in [1.807, 2.05) is 41.5 Å². The maximum atomic E-state index is 12.9. The number of hydrogen-bond donors (Lipinski definition) is 0. The van der Waals surface area contributed by atoms with Crippen LogP contribution in [0.25, 0.3) is 0 Å². The van der Waals surface area contributed by atoms with Gasteiger partial charge in [-0.3, -0.25) is 29.1 Å². The minimum atomic E-state index is -0.275. The predicted octanol–water partition coefficient (Wildman–Crippen LogP) is 12.3. The highest BCUT2D eigenvalue weighted by molar-refractivity contribution is 5.91. The first-order valence-corrected chi connectivity index (χ1v) is 21.1. The van der Waals surface area contributed by atoms with E-state index in [4.69, 9.17) is 0 Å². The summed E-state index contributed by atoms with van der Waals surface area (Å²) in [5.41, 5.74) is -0.360. The highest BCUT2D eigenvalue weighted by Gasteiger charge is 2.57. The maximum Gasteiger partial charge on any atom is 0.155 e. The molecule has 4 fully saturated rings. The second kappa shape index (κ2) is 17.7. The molecule has 330 valence electrons. The Bertz CT molecular complexity index is 1370. The summed E-state index contributed by atoms with van der Waals surface area (Å²) in [4.78, 5) is 45.6. The van der Waals surface area contributed by atoms with Crippen molar-refractivity contribution >= 4 is 17.3 Å². The van der Waals surface area contributed by atoms with Gasteiger partial charge in [-0.2, -0.15) is 0 Å². The van der Waals surface area contributed by atoms with Crippen LogP contribution in [0.4, 0.5) is 0 Å². The lowest BCUT2D eigenvalue weighted by molar-refractivity contribution is -0.136. The molecule has 5 aliphatic rings. The van der Waals surface area contributed by atoms with Gasteiger partial charge in [-0.15, -0.1) is 0 Å². The van der Waals surface area contributed by atoms with Crippen LogP contribution in [0.2, 0.25) is 0 Å².